The first-order valence-corrected chi connectivity index (χ1v) is 5.69. The van der Waals surface area contributed by atoms with E-state index in [9.17, 15) is 0 Å². The Hall–Kier alpha value is -1.02. The molecule has 0 aliphatic heterocycles. The van der Waals surface area contributed by atoms with Crippen LogP contribution in [0.15, 0.2) is 18.2 Å². The van der Waals surface area contributed by atoms with Gasteiger partial charge < -0.3 is 10.1 Å². The van der Waals surface area contributed by atoms with Gasteiger partial charge in [0.25, 0.3) is 0 Å². The molecule has 0 fully saturated rings. The van der Waals surface area contributed by atoms with E-state index in [1.165, 1.54) is 11.1 Å². The third kappa shape index (κ3) is 1.74. The van der Waals surface area contributed by atoms with E-state index in [1.807, 2.05) is 14.0 Å². The Labute approximate surface area is 91.6 Å². The average Bonchev–Trinajstić information content (AvgIpc) is 2.55. The Kier molecular flexibility index (Phi) is 2.96. The van der Waals surface area contributed by atoms with Crippen LogP contribution in [0.5, 0.6) is 5.75 Å². The highest BCUT2D eigenvalue weighted by Gasteiger charge is 2.30. The number of benzene rings is 1. The van der Waals surface area contributed by atoms with Crippen LogP contribution in [0.1, 0.15) is 31.0 Å². The third-order valence-electron chi connectivity index (χ3n) is 3.21. The summed E-state index contributed by atoms with van der Waals surface area (Å²) < 4.78 is 5.66. The highest BCUT2D eigenvalue weighted by atomic mass is 16.5. The van der Waals surface area contributed by atoms with Gasteiger partial charge in [-0.25, -0.2) is 0 Å². The quantitative estimate of drug-likeness (QED) is 0.818. The second-order valence-corrected chi connectivity index (χ2v) is 4.20. The summed E-state index contributed by atoms with van der Waals surface area (Å²) in [6.45, 7) is 5.07. The second-order valence-electron chi connectivity index (χ2n) is 4.20. The van der Waals surface area contributed by atoms with Gasteiger partial charge in [0.15, 0.2) is 0 Å². The topological polar surface area (TPSA) is 21.3 Å². The van der Waals surface area contributed by atoms with Crippen molar-refractivity contribution in [3.63, 3.8) is 0 Å². The fraction of sp³-hybridized carbons (Fsp3) is 0.538. The van der Waals surface area contributed by atoms with E-state index in [0.29, 0.717) is 12.0 Å². The van der Waals surface area contributed by atoms with Gasteiger partial charge in [-0.05, 0) is 43.5 Å². The van der Waals surface area contributed by atoms with Crippen molar-refractivity contribution in [1.82, 2.24) is 5.32 Å². The van der Waals surface area contributed by atoms with E-state index < -0.39 is 0 Å². The monoisotopic (exact) mass is 205 g/mol. The minimum Gasteiger partial charge on any atom is -0.494 e. The van der Waals surface area contributed by atoms with E-state index in [-0.39, 0.29) is 0 Å². The molecule has 15 heavy (non-hydrogen) atoms. The smallest absolute Gasteiger partial charge is 0.122 e. The predicted octanol–water partition coefficient (Wildman–Crippen LogP) is 2.54. The van der Waals surface area contributed by atoms with Gasteiger partial charge in [-0.3, -0.25) is 0 Å². The van der Waals surface area contributed by atoms with Crippen molar-refractivity contribution >= 4 is 0 Å². The van der Waals surface area contributed by atoms with Gasteiger partial charge in [-0.1, -0.05) is 19.1 Å². The number of ether oxygens (including phenoxy) is 1. The predicted molar refractivity (Wildman–Crippen MR) is 62.3 cm³/mol. The summed E-state index contributed by atoms with van der Waals surface area (Å²) in [4.78, 5) is 0. The van der Waals surface area contributed by atoms with Crippen LogP contribution in [0.4, 0.5) is 0 Å². The zero-order valence-corrected chi connectivity index (χ0v) is 9.71. The van der Waals surface area contributed by atoms with E-state index in [2.05, 4.69) is 30.4 Å². The molecule has 0 saturated carbocycles. The fourth-order valence-corrected chi connectivity index (χ4v) is 2.57. The number of hydrogen-bond donors (Lipinski definition) is 1. The summed E-state index contributed by atoms with van der Waals surface area (Å²) >= 11 is 0. The minimum absolute atomic E-state index is 0.486. The summed E-state index contributed by atoms with van der Waals surface area (Å²) in [5.74, 6) is 1.73. The molecule has 2 unspecified atom stereocenters. The van der Waals surface area contributed by atoms with Gasteiger partial charge >= 0.3 is 0 Å². The number of nitrogens with one attached hydrogen (secondary N) is 1. The molecule has 0 heterocycles. The minimum atomic E-state index is 0.486. The Morgan fingerprint density at radius 3 is 2.93 bits per heavy atom. The number of hydrogen-bond acceptors (Lipinski definition) is 2. The molecule has 1 aliphatic rings. The third-order valence-corrected chi connectivity index (χ3v) is 3.21. The first-order valence-electron chi connectivity index (χ1n) is 5.69. The molecular formula is C13H19NO. The lowest BCUT2D eigenvalue weighted by Gasteiger charge is -2.15. The maximum Gasteiger partial charge on any atom is 0.122 e. The summed E-state index contributed by atoms with van der Waals surface area (Å²) in [5.41, 5.74) is 2.81. The summed E-state index contributed by atoms with van der Waals surface area (Å²) in [5, 5.41) is 3.38. The van der Waals surface area contributed by atoms with Crippen LogP contribution in [-0.4, -0.2) is 13.7 Å². The molecule has 2 nitrogen and oxygen atoms in total. The molecule has 1 aromatic rings. The summed E-state index contributed by atoms with van der Waals surface area (Å²) in [6, 6.07) is 6.86. The van der Waals surface area contributed by atoms with Gasteiger partial charge in [-0.15, -0.1) is 0 Å². The fourth-order valence-electron chi connectivity index (χ4n) is 2.57. The second kappa shape index (κ2) is 4.23. The zero-order chi connectivity index (χ0) is 10.8. The standard InChI is InChI=1S/C13H19NO/c1-4-15-12-7-5-6-10-11(12)8-9(2)13(10)14-3/h5-7,9,13-14H,4,8H2,1-3H3. The molecule has 0 spiro atoms. The Morgan fingerprint density at radius 2 is 2.27 bits per heavy atom. The van der Waals surface area contributed by atoms with Crippen LogP contribution in [0, 0.1) is 5.92 Å². The molecule has 82 valence electrons. The highest BCUT2D eigenvalue weighted by molar-refractivity contribution is 5.45. The lowest BCUT2D eigenvalue weighted by atomic mass is 10.0. The Morgan fingerprint density at radius 1 is 1.47 bits per heavy atom. The largest absolute Gasteiger partial charge is 0.494 e. The summed E-state index contributed by atoms with van der Waals surface area (Å²) in [7, 11) is 2.03. The van der Waals surface area contributed by atoms with Crippen molar-refractivity contribution in [2.75, 3.05) is 13.7 Å². The van der Waals surface area contributed by atoms with E-state index in [4.69, 9.17) is 4.74 Å². The van der Waals surface area contributed by atoms with E-state index in [0.717, 1.165) is 18.8 Å². The molecule has 0 bridgehead atoms. The van der Waals surface area contributed by atoms with Crippen molar-refractivity contribution in [2.45, 2.75) is 26.3 Å². The highest BCUT2D eigenvalue weighted by Crippen LogP contribution is 2.40. The Balaban J connectivity index is 2.38. The van der Waals surface area contributed by atoms with E-state index >= 15 is 0 Å². The van der Waals surface area contributed by atoms with Crippen molar-refractivity contribution in [3.05, 3.63) is 29.3 Å². The molecule has 2 heteroatoms. The maximum absolute atomic E-state index is 5.66. The molecule has 2 rings (SSSR count). The number of fused-ring (bicyclic) bond motifs is 1. The van der Waals surface area contributed by atoms with Crippen LogP contribution in [0.25, 0.3) is 0 Å². The van der Waals surface area contributed by atoms with Crippen molar-refractivity contribution in [1.29, 1.82) is 0 Å². The molecule has 0 saturated heterocycles. The molecule has 1 N–H and O–H groups in total. The van der Waals surface area contributed by atoms with Crippen LogP contribution in [-0.2, 0) is 6.42 Å². The normalized spacial score (nSPS) is 23.9. The molecule has 0 radical (unpaired) electrons. The molecular weight excluding hydrogens is 186 g/mol. The SMILES string of the molecule is CCOc1cccc2c1CC(C)C2NC. The maximum atomic E-state index is 5.66. The van der Waals surface area contributed by atoms with Gasteiger partial charge in [0, 0.05) is 6.04 Å². The van der Waals surface area contributed by atoms with Gasteiger partial charge in [0.2, 0.25) is 0 Å². The van der Waals surface area contributed by atoms with Gasteiger partial charge in [0.05, 0.1) is 6.61 Å². The first kappa shape index (κ1) is 10.5. The molecule has 0 amide bonds. The molecule has 0 aromatic heterocycles. The first-order chi connectivity index (χ1) is 7.27. The zero-order valence-electron chi connectivity index (χ0n) is 9.71. The van der Waals surface area contributed by atoms with Crippen LogP contribution < -0.4 is 10.1 Å². The van der Waals surface area contributed by atoms with Gasteiger partial charge in [0.1, 0.15) is 5.75 Å². The van der Waals surface area contributed by atoms with Crippen molar-refractivity contribution < 1.29 is 4.74 Å². The Bertz CT molecular complexity index is 348. The summed E-state index contributed by atoms with van der Waals surface area (Å²) in [6.07, 6.45) is 1.12. The average molecular weight is 205 g/mol. The molecule has 1 aliphatic carbocycles. The lowest BCUT2D eigenvalue weighted by molar-refractivity contribution is 0.336. The van der Waals surface area contributed by atoms with Crippen LogP contribution in [0.2, 0.25) is 0 Å². The van der Waals surface area contributed by atoms with Crippen LogP contribution in [0.3, 0.4) is 0 Å². The number of rotatable bonds is 3. The molecule has 2 atom stereocenters. The van der Waals surface area contributed by atoms with Crippen molar-refractivity contribution in [3.8, 4) is 5.75 Å². The van der Waals surface area contributed by atoms with Crippen LogP contribution >= 0.6 is 0 Å². The van der Waals surface area contributed by atoms with Gasteiger partial charge in [-0.2, -0.15) is 0 Å². The van der Waals surface area contributed by atoms with E-state index in [1.54, 1.807) is 0 Å². The lowest BCUT2D eigenvalue weighted by Crippen LogP contribution is -2.19. The molecule has 1 aromatic carbocycles. The van der Waals surface area contributed by atoms with Crippen molar-refractivity contribution in [2.24, 2.45) is 5.92 Å².